The van der Waals surface area contributed by atoms with Crippen molar-refractivity contribution in [3.63, 3.8) is 0 Å². The van der Waals surface area contributed by atoms with Crippen molar-refractivity contribution >= 4 is 18.0 Å². The Morgan fingerprint density at radius 2 is 1.54 bits per heavy atom. The quantitative estimate of drug-likeness (QED) is 0.357. The predicted molar refractivity (Wildman–Crippen MR) is 133 cm³/mol. The van der Waals surface area contributed by atoms with E-state index in [0.29, 0.717) is 18.9 Å². The van der Waals surface area contributed by atoms with E-state index in [2.05, 4.69) is 34.9 Å². The minimum Gasteiger partial charge on any atom is -0.481 e. The number of carbonyl (C=O) groups excluding carboxylic acids is 2. The van der Waals surface area contributed by atoms with Gasteiger partial charge in [0.2, 0.25) is 5.91 Å². The molecule has 2 aliphatic rings. The van der Waals surface area contributed by atoms with Crippen molar-refractivity contribution in [1.82, 2.24) is 10.6 Å². The molecule has 4 rings (SSSR count). The molecule has 0 radical (unpaired) electrons. The second-order valence-electron chi connectivity index (χ2n) is 9.53. The third-order valence-electron chi connectivity index (χ3n) is 6.88. The van der Waals surface area contributed by atoms with Gasteiger partial charge in [0.15, 0.2) is 0 Å². The van der Waals surface area contributed by atoms with Crippen molar-refractivity contribution in [3.05, 3.63) is 59.7 Å². The van der Waals surface area contributed by atoms with Gasteiger partial charge in [0, 0.05) is 31.3 Å². The number of nitrogens with one attached hydrogen (secondary N) is 2. The highest BCUT2D eigenvalue weighted by Gasteiger charge is 2.35. The molecule has 0 heterocycles. The van der Waals surface area contributed by atoms with Crippen LogP contribution in [0.2, 0.25) is 0 Å². The Labute approximate surface area is 206 Å². The number of ether oxygens (including phenoxy) is 1. The van der Waals surface area contributed by atoms with E-state index in [1.165, 1.54) is 22.3 Å². The van der Waals surface area contributed by atoms with Crippen LogP contribution in [0.1, 0.15) is 68.4 Å². The molecule has 2 amide bonds. The maximum Gasteiger partial charge on any atom is 0.407 e. The van der Waals surface area contributed by atoms with Crippen molar-refractivity contribution in [3.8, 4) is 11.1 Å². The molecule has 1 unspecified atom stereocenters. The van der Waals surface area contributed by atoms with E-state index in [0.717, 1.165) is 32.1 Å². The third kappa shape index (κ3) is 6.84. The summed E-state index contributed by atoms with van der Waals surface area (Å²) in [5, 5.41) is 14.5. The normalized spacial score (nSPS) is 15.1. The van der Waals surface area contributed by atoms with Gasteiger partial charge in [-0.1, -0.05) is 61.4 Å². The van der Waals surface area contributed by atoms with Crippen molar-refractivity contribution in [2.75, 3.05) is 13.2 Å². The summed E-state index contributed by atoms with van der Waals surface area (Å²) in [7, 11) is 0. The van der Waals surface area contributed by atoms with E-state index >= 15 is 0 Å². The zero-order valence-corrected chi connectivity index (χ0v) is 20.0. The molecule has 0 spiro atoms. The first-order valence-corrected chi connectivity index (χ1v) is 12.6. The molecule has 1 fully saturated rings. The number of alkyl carbamates (subject to hydrolysis) is 1. The molecule has 7 heteroatoms. The van der Waals surface area contributed by atoms with Gasteiger partial charge in [-0.25, -0.2) is 4.79 Å². The van der Waals surface area contributed by atoms with Gasteiger partial charge < -0.3 is 20.5 Å². The summed E-state index contributed by atoms with van der Waals surface area (Å²) < 4.78 is 5.66. The van der Waals surface area contributed by atoms with Gasteiger partial charge in [0.05, 0.1) is 0 Å². The Bertz CT molecular complexity index is 1000. The van der Waals surface area contributed by atoms with Crippen LogP contribution in [0.3, 0.4) is 0 Å². The minimum absolute atomic E-state index is 0.00585. The fourth-order valence-corrected chi connectivity index (χ4v) is 4.88. The highest BCUT2D eigenvalue weighted by molar-refractivity contribution is 5.79. The second kappa shape index (κ2) is 11.9. The molecule has 0 aromatic heterocycles. The van der Waals surface area contributed by atoms with Crippen molar-refractivity contribution < 1.29 is 24.2 Å². The van der Waals surface area contributed by atoms with Crippen LogP contribution < -0.4 is 10.6 Å². The summed E-state index contributed by atoms with van der Waals surface area (Å²) in [5.74, 6) is -0.525. The van der Waals surface area contributed by atoms with Crippen LogP contribution in [0.4, 0.5) is 4.79 Å². The van der Waals surface area contributed by atoms with Crippen LogP contribution in [0.15, 0.2) is 48.5 Å². The SMILES string of the molecule is O=C(O)CCCCCCNC(=O)CC(NC(=O)OCC1c2ccccc2-c2ccccc21)C1CC1. The number of unbranched alkanes of at least 4 members (excludes halogenated alkanes) is 3. The molecule has 3 N–H and O–H groups in total. The lowest BCUT2D eigenvalue weighted by Crippen LogP contribution is -2.41. The molecular formula is C28H34N2O5. The summed E-state index contributed by atoms with van der Waals surface area (Å²) in [4.78, 5) is 35.6. The Morgan fingerprint density at radius 3 is 2.17 bits per heavy atom. The molecule has 7 nitrogen and oxygen atoms in total. The molecule has 35 heavy (non-hydrogen) atoms. The van der Waals surface area contributed by atoms with Crippen LogP contribution in [0, 0.1) is 5.92 Å². The van der Waals surface area contributed by atoms with E-state index in [1.807, 2.05) is 24.3 Å². The Hall–Kier alpha value is -3.35. The number of carboxylic acid groups (broad SMARTS) is 1. The summed E-state index contributed by atoms with van der Waals surface area (Å²) in [5.41, 5.74) is 4.71. The van der Waals surface area contributed by atoms with Crippen LogP contribution in [-0.2, 0) is 14.3 Å². The van der Waals surface area contributed by atoms with Crippen molar-refractivity contribution in [2.24, 2.45) is 5.92 Å². The lowest BCUT2D eigenvalue weighted by molar-refractivity contribution is -0.137. The first-order valence-electron chi connectivity index (χ1n) is 12.6. The molecular weight excluding hydrogens is 444 g/mol. The predicted octanol–water partition coefficient (Wildman–Crippen LogP) is 4.85. The number of carbonyl (C=O) groups is 3. The van der Waals surface area contributed by atoms with Crippen LogP contribution >= 0.6 is 0 Å². The zero-order chi connectivity index (χ0) is 24.6. The smallest absolute Gasteiger partial charge is 0.407 e. The summed E-state index contributed by atoms with van der Waals surface area (Å²) >= 11 is 0. The number of fused-ring (bicyclic) bond motifs is 3. The highest BCUT2D eigenvalue weighted by Crippen LogP contribution is 2.44. The fraction of sp³-hybridized carbons (Fsp3) is 0.464. The zero-order valence-electron chi connectivity index (χ0n) is 20.0. The average Bonchev–Trinajstić information content (AvgIpc) is 3.64. The first-order chi connectivity index (χ1) is 17.0. The number of aliphatic carboxylic acids is 1. The summed E-state index contributed by atoms with van der Waals surface area (Å²) in [6.45, 7) is 0.819. The minimum atomic E-state index is -0.770. The van der Waals surface area contributed by atoms with Crippen molar-refractivity contribution in [2.45, 2.75) is 63.3 Å². The molecule has 2 aromatic rings. The average molecular weight is 479 g/mol. The molecule has 2 aliphatic carbocycles. The molecule has 186 valence electrons. The van der Waals surface area contributed by atoms with E-state index in [4.69, 9.17) is 9.84 Å². The third-order valence-corrected chi connectivity index (χ3v) is 6.88. The summed E-state index contributed by atoms with van der Waals surface area (Å²) in [6, 6.07) is 16.2. The lowest BCUT2D eigenvalue weighted by atomic mass is 9.98. The van der Waals surface area contributed by atoms with Gasteiger partial charge in [0.25, 0.3) is 0 Å². The van der Waals surface area contributed by atoms with Gasteiger partial charge >= 0.3 is 12.1 Å². The molecule has 2 aromatic carbocycles. The van der Waals surface area contributed by atoms with Gasteiger partial charge in [-0.15, -0.1) is 0 Å². The maximum atomic E-state index is 12.6. The number of hydrogen-bond acceptors (Lipinski definition) is 4. The van der Waals surface area contributed by atoms with Crippen LogP contribution in [0.5, 0.6) is 0 Å². The number of rotatable bonds is 13. The van der Waals surface area contributed by atoms with Gasteiger partial charge in [-0.2, -0.15) is 0 Å². The van der Waals surface area contributed by atoms with E-state index in [9.17, 15) is 14.4 Å². The second-order valence-corrected chi connectivity index (χ2v) is 9.53. The fourth-order valence-electron chi connectivity index (χ4n) is 4.88. The van der Waals surface area contributed by atoms with Crippen LogP contribution in [0.25, 0.3) is 11.1 Å². The highest BCUT2D eigenvalue weighted by atomic mass is 16.5. The largest absolute Gasteiger partial charge is 0.481 e. The number of amides is 2. The molecule has 1 saturated carbocycles. The molecule has 0 bridgehead atoms. The van der Waals surface area contributed by atoms with E-state index in [-0.39, 0.29) is 37.3 Å². The lowest BCUT2D eigenvalue weighted by Gasteiger charge is -2.19. The van der Waals surface area contributed by atoms with Gasteiger partial charge in [0.1, 0.15) is 6.61 Å². The molecule has 0 saturated heterocycles. The Kier molecular flexibility index (Phi) is 8.40. The summed E-state index contributed by atoms with van der Waals surface area (Å²) in [6.07, 6.45) is 5.18. The van der Waals surface area contributed by atoms with E-state index < -0.39 is 12.1 Å². The monoisotopic (exact) mass is 478 g/mol. The topological polar surface area (TPSA) is 105 Å². The first kappa shape index (κ1) is 24.8. The number of benzene rings is 2. The van der Waals surface area contributed by atoms with Gasteiger partial charge in [-0.3, -0.25) is 9.59 Å². The van der Waals surface area contributed by atoms with Crippen LogP contribution in [-0.4, -0.2) is 42.3 Å². The number of hydrogen-bond donors (Lipinski definition) is 3. The van der Waals surface area contributed by atoms with Gasteiger partial charge in [-0.05, 0) is 53.9 Å². The van der Waals surface area contributed by atoms with Crippen molar-refractivity contribution in [1.29, 1.82) is 0 Å². The Balaban J connectivity index is 1.21. The molecule has 0 aliphatic heterocycles. The Morgan fingerprint density at radius 1 is 0.914 bits per heavy atom. The maximum absolute atomic E-state index is 12.6. The standard InChI is InChI=1S/C28H34N2O5/c31-26(29-16-8-2-1-3-13-27(32)33)17-25(19-14-15-19)30-28(34)35-18-24-22-11-6-4-9-20(22)21-10-5-7-12-23(21)24/h4-7,9-12,19,24-25H,1-3,8,13-18H2,(H,29,31)(H,30,34)(H,32,33). The van der Waals surface area contributed by atoms with E-state index in [1.54, 1.807) is 0 Å². The molecule has 1 atom stereocenters. The number of carboxylic acids is 1.